The molecule has 0 aliphatic carbocycles. The Bertz CT molecular complexity index is 1020. The summed E-state index contributed by atoms with van der Waals surface area (Å²) in [6.45, 7) is 5.95. The zero-order valence-electron chi connectivity index (χ0n) is 16.2. The predicted octanol–water partition coefficient (Wildman–Crippen LogP) is 3.58. The van der Waals surface area contributed by atoms with E-state index in [9.17, 15) is 4.79 Å². The maximum atomic E-state index is 12.2. The molecule has 1 aromatic carbocycles. The van der Waals surface area contributed by atoms with Gasteiger partial charge in [-0.3, -0.25) is 9.78 Å². The third-order valence-electron chi connectivity index (χ3n) is 4.94. The van der Waals surface area contributed by atoms with Gasteiger partial charge < -0.3 is 10.2 Å². The first-order valence-electron chi connectivity index (χ1n) is 9.62. The fraction of sp³-hybridized carbons (Fsp3) is 0.333. The molecular formula is C21H24N6O. The van der Waals surface area contributed by atoms with Crippen LogP contribution in [0.5, 0.6) is 0 Å². The molecule has 2 aromatic heterocycles. The Morgan fingerprint density at radius 3 is 2.50 bits per heavy atom. The van der Waals surface area contributed by atoms with Crippen molar-refractivity contribution < 1.29 is 0 Å². The van der Waals surface area contributed by atoms with E-state index >= 15 is 0 Å². The lowest BCUT2D eigenvalue weighted by molar-refractivity contribution is 0.568. The summed E-state index contributed by atoms with van der Waals surface area (Å²) < 4.78 is 0. The van der Waals surface area contributed by atoms with E-state index in [-0.39, 0.29) is 5.56 Å². The Morgan fingerprint density at radius 2 is 1.79 bits per heavy atom. The van der Waals surface area contributed by atoms with Crippen molar-refractivity contribution in [3.05, 3.63) is 58.1 Å². The standard InChI is InChI=1S/C21H24N6O/c1-14-6-8-16(9-7-14)24-20-25-18(12-19(28)26-20)17-13-22-21(23-15(17)2)27-10-4-3-5-11-27/h6-9,12-13H,3-5,10-11H2,1-2H3,(H2,24,25,26,28). The molecule has 0 radical (unpaired) electrons. The quantitative estimate of drug-likeness (QED) is 0.724. The zero-order valence-corrected chi connectivity index (χ0v) is 16.2. The normalized spacial score (nSPS) is 14.1. The van der Waals surface area contributed by atoms with Crippen molar-refractivity contribution in [1.29, 1.82) is 0 Å². The highest BCUT2D eigenvalue weighted by Gasteiger charge is 2.16. The SMILES string of the molecule is Cc1ccc(Nc2nc(-c3cnc(N4CCCCC4)nc3C)cc(=O)[nH]2)cc1. The van der Waals surface area contributed by atoms with Gasteiger partial charge in [0.05, 0.1) is 11.4 Å². The van der Waals surface area contributed by atoms with Crippen molar-refractivity contribution in [2.75, 3.05) is 23.3 Å². The highest BCUT2D eigenvalue weighted by Crippen LogP contribution is 2.23. The molecule has 2 N–H and O–H groups in total. The summed E-state index contributed by atoms with van der Waals surface area (Å²) in [6, 6.07) is 9.38. The van der Waals surface area contributed by atoms with Crippen LogP contribution in [0.3, 0.4) is 0 Å². The van der Waals surface area contributed by atoms with Crippen LogP contribution in [0.4, 0.5) is 17.6 Å². The van der Waals surface area contributed by atoms with E-state index in [2.05, 4.69) is 30.2 Å². The van der Waals surface area contributed by atoms with E-state index < -0.39 is 0 Å². The number of benzene rings is 1. The fourth-order valence-corrected chi connectivity index (χ4v) is 3.38. The maximum Gasteiger partial charge on any atom is 0.252 e. The number of piperidine rings is 1. The molecule has 1 aliphatic rings. The van der Waals surface area contributed by atoms with Crippen LogP contribution in [0, 0.1) is 13.8 Å². The number of rotatable bonds is 4. The van der Waals surface area contributed by atoms with Crippen LogP contribution in [0.1, 0.15) is 30.5 Å². The van der Waals surface area contributed by atoms with Crippen LogP contribution in [-0.4, -0.2) is 33.0 Å². The van der Waals surface area contributed by atoms with Crippen molar-refractivity contribution in [3.63, 3.8) is 0 Å². The van der Waals surface area contributed by atoms with E-state index in [1.165, 1.54) is 30.9 Å². The average molecular weight is 376 g/mol. The molecule has 0 atom stereocenters. The van der Waals surface area contributed by atoms with E-state index in [4.69, 9.17) is 0 Å². The molecule has 0 spiro atoms. The lowest BCUT2D eigenvalue weighted by Gasteiger charge is -2.26. The van der Waals surface area contributed by atoms with Gasteiger partial charge in [0.25, 0.3) is 5.56 Å². The Morgan fingerprint density at radius 1 is 1.04 bits per heavy atom. The third kappa shape index (κ3) is 4.03. The lowest BCUT2D eigenvalue weighted by atomic mass is 10.1. The molecule has 4 rings (SSSR count). The molecular weight excluding hydrogens is 352 g/mol. The third-order valence-corrected chi connectivity index (χ3v) is 4.94. The number of nitrogens with one attached hydrogen (secondary N) is 2. The minimum atomic E-state index is -0.223. The van der Waals surface area contributed by atoms with Gasteiger partial charge in [0.2, 0.25) is 11.9 Å². The first-order valence-corrected chi connectivity index (χ1v) is 9.62. The van der Waals surface area contributed by atoms with Crippen LogP contribution < -0.4 is 15.8 Å². The number of aryl methyl sites for hydroxylation is 2. The molecule has 3 heterocycles. The first-order chi connectivity index (χ1) is 13.6. The maximum absolute atomic E-state index is 12.2. The molecule has 144 valence electrons. The summed E-state index contributed by atoms with van der Waals surface area (Å²) in [5.41, 5.74) is 3.94. The molecule has 7 heteroatoms. The van der Waals surface area contributed by atoms with Crippen LogP contribution >= 0.6 is 0 Å². The highest BCUT2D eigenvalue weighted by molar-refractivity contribution is 5.64. The van der Waals surface area contributed by atoms with Gasteiger partial charge in [0.1, 0.15) is 0 Å². The van der Waals surface area contributed by atoms with Gasteiger partial charge in [0.15, 0.2) is 0 Å². The highest BCUT2D eigenvalue weighted by atomic mass is 16.1. The second-order valence-corrected chi connectivity index (χ2v) is 7.19. The summed E-state index contributed by atoms with van der Waals surface area (Å²) in [5.74, 6) is 1.15. The summed E-state index contributed by atoms with van der Waals surface area (Å²) in [6.07, 6.45) is 5.38. The Balaban J connectivity index is 1.62. The predicted molar refractivity (Wildman–Crippen MR) is 111 cm³/mol. The van der Waals surface area contributed by atoms with Crippen molar-refractivity contribution in [3.8, 4) is 11.3 Å². The molecule has 3 aromatic rings. The van der Waals surface area contributed by atoms with Gasteiger partial charge >= 0.3 is 0 Å². The van der Waals surface area contributed by atoms with Crippen molar-refractivity contribution in [2.24, 2.45) is 0 Å². The van der Waals surface area contributed by atoms with Gasteiger partial charge in [0, 0.05) is 36.6 Å². The van der Waals surface area contributed by atoms with E-state index in [1.54, 1.807) is 6.20 Å². The van der Waals surface area contributed by atoms with Crippen LogP contribution in [0.15, 0.2) is 41.3 Å². The molecule has 1 fully saturated rings. The number of aromatic amines is 1. The second-order valence-electron chi connectivity index (χ2n) is 7.19. The summed E-state index contributed by atoms with van der Waals surface area (Å²) in [7, 11) is 0. The topological polar surface area (TPSA) is 86.8 Å². The summed E-state index contributed by atoms with van der Waals surface area (Å²) in [5, 5.41) is 3.15. The van der Waals surface area contributed by atoms with Crippen LogP contribution in [-0.2, 0) is 0 Å². The van der Waals surface area contributed by atoms with Crippen LogP contribution in [0.2, 0.25) is 0 Å². The first kappa shape index (κ1) is 18.2. The summed E-state index contributed by atoms with van der Waals surface area (Å²) >= 11 is 0. The molecule has 0 unspecified atom stereocenters. The molecule has 1 aliphatic heterocycles. The van der Waals surface area contributed by atoms with Crippen molar-refractivity contribution in [1.82, 2.24) is 19.9 Å². The number of hydrogen-bond acceptors (Lipinski definition) is 6. The van der Waals surface area contributed by atoms with Gasteiger partial charge in [-0.15, -0.1) is 0 Å². The van der Waals surface area contributed by atoms with E-state index in [0.29, 0.717) is 11.6 Å². The number of hydrogen-bond donors (Lipinski definition) is 2. The number of H-pyrrole nitrogens is 1. The fourth-order valence-electron chi connectivity index (χ4n) is 3.38. The molecule has 0 amide bonds. The lowest BCUT2D eigenvalue weighted by Crippen LogP contribution is -2.31. The van der Waals surface area contributed by atoms with Gasteiger partial charge in [-0.25, -0.2) is 15.0 Å². The number of aromatic nitrogens is 4. The monoisotopic (exact) mass is 376 g/mol. The Labute approximate surface area is 163 Å². The largest absolute Gasteiger partial charge is 0.341 e. The second kappa shape index (κ2) is 7.80. The zero-order chi connectivity index (χ0) is 19.5. The molecule has 0 saturated carbocycles. The molecule has 7 nitrogen and oxygen atoms in total. The van der Waals surface area contributed by atoms with Gasteiger partial charge in [-0.2, -0.15) is 0 Å². The Kier molecular flexibility index (Phi) is 5.06. The number of anilines is 3. The van der Waals surface area contributed by atoms with E-state index in [0.717, 1.165) is 36.0 Å². The molecule has 1 saturated heterocycles. The minimum absolute atomic E-state index is 0.223. The van der Waals surface area contributed by atoms with Gasteiger partial charge in [-0.05, 0) is 45.2 Å². The van der Waals surface area contributed by atoms with Gasteiger partial charge in [-0.1, -0.05) is 17.7 Å². The van der Waals surface area contributed by atoms with Crippen LogP contribution in [0.25, 0.3) is 11.3 Å². The number of nitrogens with zero attached hydrogens (tertiary/aromatic N) is 4. The average Bonchev–Trinajstić information content (AvgIpc) is 2.70. The summed E-state index contributed by atoms with van der Waals surface area (Å²) in [4.78, 5) is 30.9. The molecule has 0 bridgehead atoms. The molecule has 28 heavy (non-hydrogen) atoms. The minimum Gasteiger partial charge on any atom is -0.341 e. The smallest absolute Gasteiger partial charge is 0.252 e. The Hall–Kier alpha value is -3.22. The van der Waals surface area contributed by atoms with Crippen molar-refractivity contribution in [2.45, 2.75) is 33.1 Å². The van der Waals surface area contributed by atoms with E-state index in [1.807, 2.05) is 38.1 Å². The van der Waals surface area contributed by atoms with Crippen molar-refractivity contribution >= 4 is 17.6 Å².